The van der Waals surface area contributed by atoms with Gasteiger partial charge >= 0.3 is 0 Å². The molecule has 0 saturated heterocycles. The van der Waals surface area contributed by atoms with Crippen molar-refractivity contribution < 1.29 is 5.01 Å². The third-order valence-electron chi connectivity index (χ3n) is 0.611. The molecule has 1 aliphatic rings. The molecule has 1 heterocycles. The van der Waals surface area contributed by atoms with Gasteiger partial charge in [-0.25, -0.2) is 0 Å². The molecular weight excluding hydrogens is 92.1 g/mol. The van der Waals surface area contributed by atoms with Gasteiger partial charge in [0.1, 0.15) is 6.20 Å². The molecule has 0 aliphatic carbocycles. The average molecular weight is 97.1 g/mol. The zero-order valence-electron chi connectivity index (χ0n) is 3.70. The second kappa shape index (κ2) is 1.61. The first-order valence-electron chi connectivity index (χ1n) is 1.87. The second-order valence-corrected chi connectivity index (χ2v) is 1.06. The van der Waals surface area contributed by atoms with Crippen molar-refractivity contribution in [3.63, 3.8) is 0 Å². The first kappa shape index (κ1) is 4.14. The van der Waals surface area contributed by atoms with Crippen LogP contribution < -0.4 is 5.01 Å². The van der Waals surface area contributed by atoms with Crippen LogP contribution in [0.3, 0.4) is 0 Å². The van der Waals surface area contributed by atoms with Crippen LogP contribution in [-0.4, -0.2) is 6.34 Å². The molecule has 0 radical (unpaired) electrons. The minimum atomic E-state index is 0.722. The van der Waals surface area contributed by atoms with E-state index in [1.165, 1.54) is 0 Å². The zero-order valence-corrected chi connectivity index (χ0v) is 3.70. The Morgan fingerprint density at radius 1 is 1.71 bits per heavy atom. The molecule has 1 aliphatic heterocycles. The lowest BCUT2D eigenvalue weighted by Gasteiger charge is -1.83. The lowest BCUT2D eigenvalue weighted by Crippen LogP contribution is -3.00. The number of hydrogen-bond acceptors (Lipinski definition) is 3. The predicted octanol–water partition coefficient (Wildman–Crippen LogP) is -0.661. The Kier molecular flexibility index (Phi) is 0.953. The number of rotatable bonds is 1. The molecule has 0 aromatic rings. The van der Waals surface area contributed by atoms with Gasteiger partial charge in [-0.1, -0.05) is 5.10 Å². The molecule has 0 aromatic carbocycles. The molecule has 1 rings (SSSR count). The Morgan fingerprint density at radius 3 is 2.86 bits per heavy atom. The summed E-state index contributed by atoms with van der Waals surface area (Å²) >= 11 is 0. The van der Waals surface area contributed by atoms with Gasteiger partial charge in [0, 0.05) is 5.22 Å². The second-order valence-electron chi connectivity index (χ2n) is 1.06. The number of quaternary nitrogens is 1. The largest absolute Gasteiger partial charge is 0.242 e. The van der Waals surface area contributed by atoms with Crippen LogP contribution in [0.2, 0.25) is 0 Å². The van der Waals surface area contributed by atoms with Crippen molar-refractivity contribution in [2.24, 2.45) is 15.5 Å². The Bertz CT molecular complexity index is 113. The van der Waals surface area contributed by atoms with Crippen molar-refractivity contribution in [1.82, 2.24) is 0 Å². The number of nitrogens with zero attached hydrogens (tertiary/aromatic N) is 3. The fourth-order valence-corrected chi connectivity index (χ4v) is 0.282. The average Bonchev–Trinajstić information content (AvgIpc) is 2.14. The first-order chi connectivity index (χ1) is 3.43. The van der Waals surface area contributed by atoms with E-state index in [9.17, 15) is 0 Å². The summed E-state index contributed by atoms with van der Waals surface area (Å²) < 4.78 is 0. The highest BCUT2D eigenvalue weighted by Gasteiger charge is 1.99. The first-order valence-corrected chi connectivity index (χ1v) is 1.87. The Balaban J connectivity index is 2.59. The number of hydrogen-bond donors (Lipinski definition) is 1. The maximum absolute atomic E-state index is 3.56. The van der Waals surface area contributed by atoms with Crippen LogP contribution in [0.5, 0.6) is 0 Å². The monoisotopic (exact) mass is 97.1 g/mol. The summed E-state index contributed by atoms with van der Waals surface area (Å²) in [7, 11) is 0. The molecule has 0 aromatic heterocycles. The molecule has 4 heteroatoms. The van der Waals surface area contributed by atoms with E-state index < -0.39 is 0 Å². The van der Waals surface area contributed by atoms with Crippen molar-refractivity contribution in [3.05, 3.63) is 12.8 Å². The number of nitrogens with one attached hydrogen (secondary N) is 1. The minimum Gasteiger partial charge on any atom is -0.119 e. The minimum absolute atomic E-state index is 0.722. The van der Waals surface area contributed by atoms with Gasteiger partial charge in [0.15, 0.2) is 0 Å². The molecule has 4 nitrogen and oxygen atoms in total. The van der Waals surface area contributed by atoms with Crippen LogP contribution in [-0.2, 0) is 0 Å². The third-order valence-corrected chi connectivity index (χ3v) is 0.611. The fraction of sp³-hybridized carbons (Fsp3) is 0. The van der Waals surface area contributed by atoms with E-state index in [2.05, 4.69) is 22.1 Å². The molecule has 1 atom stereocenters. The topological polar surface area (TPSA) is 41.5 Å². The van der Waals surface area contributed by atoms with Gasteiger partial charge in [-0.15, -0.1) is 5.01 Å². The fourth-order valence-electron chi connectivity index (χ4n) is 0.282. The summed E-state index contributed by atoms with van der Waals surface area (Å²) in [5.41, 5.74) is 0. The molecule has 0 amide bonds. The van der Waals surface area contributed by atoms with Crippen LogP contribution in [0.1, 0.15) is 0 Å². The van der Waals surface area contributed by atoms with Crippen molar-refractivity contribution >= 4 is 6.34 Å². The van der Waals surface area contributed by atoms with E-state index in [0.29, 0.717) is 0 Å². The van der Waals surface area contributed by atoms with Gasteiger partial charge in [0.05, 0.1) is 5.22 Å². The summed E-state index contributed by atoms with van der Waals surface area (Å²) in [4.78, 5) is 0. The van der Waals surface area contributed by atoms with E-state index in [0.717, 1.165) is 5.01 Å². The van der Waals surface area contributed by atoms with Crippen molar-refractivity contribution in [2.75, 3.05) is 0 Å². The van der Waals surface area contributed by atoms with Crippen LogP contribution >= 0.6 is 0 Å². The van der Waals surface area contributed by atoms with E-state index >= 15 is 0 Å². The van der Waals surface area contributed by atoms with Crippen molar-refractivity contribution in [3.8, 4) is 0 Å². The molecule has 0 bridgehead atoms. The summed E-state index contributed by atoms with van der Waals surface area (Å²) in [6.07, 6.45) is 3.15. The molecular formula is C3H5N4+. The van der Waals surface area contributed by atoms with Crippen molar-refractivity contribution in [2.45, 2.75) is 0 Å². The SMILES string of the molecule is C=C[NH+]1C=NN=N1. The van der Waals surface area contributed by atoms with Gasteiger partial charge in [-0.2, -0.15) is 0 Å². The van der Waals surface area contributed by atoms with Crippen molar-refractivity contribution in [1.29, 1.82) is 0 Å². The van der Waals surface area contributed by atoms with E-state index in [1.807, 2.05) is 0 Å². The van der Waals surface area contributed by atoms with Crippen LogP contribution in [0, 0.1) is 0 Å². The lowest BCUT2D eigenvalue weighted by molar-refractivity contribution is -0.747. The van der Waals surface area contributed by atoms with Gasteiger partial charge in [0.25, 0.3) is 0 Å². The summed E-state index contributed by atoms with van der Waals surface area (Å²) in [6.45, 7) is 3.46. The molecule has 1 N–H and O–H groups in total. The quantitative estimate of drug-likeness (QED) is 0.451. The smallest absolute Gasteiger partial charge is 0.119 e. The summed E-state index contributed by atoms with van der Waals surface area (Å²) in [5.74, 6) is 0. The highest BCUT2D eigenvalue weighted by atomic mass is 15.7. The summed E-state index contributed by atoms with van der Waals surface area (Å²) in [6, 6.07) is 0. The van der Waals surface area contributed by atoms with Crippen LogP contribution in [0.4, 0.5) is 0 Å². The van der Waals surface area contributed by atoms with E-state index in [1.54, 1.807) is 12.5 Å². The maximum Gasteiger partial charge on any atom is 0.242 e. The van der Waals surface area contributed by atoms with Gasteiger partial charge < -0.3 is 0 Å². The molecule has 0 spiro atoms. The highest BCUT2D eigenvalue weighted by molar-refractivity contribution is 5.43. The molecule has 0 saturated carbocycles. The molecule has 7 heavy (non-hydrogen) atoms. The van der Waals surface area contributed by atoms with E-state index in [-0.39, 0.29) is 0 Å². The standard InChI is InChI=1S/C3H4N4/c1-2-7-3-4-5-6-7/h2-3H,1H2/p+1. The lowest BCUT2D eigenvalue weighted by atomic mass is 10.9. The molecule has 0 fully saturated rings. The Labute approximate surface area is 40.8 Å². The van der Waals surface area contributed by atoms with Crippen LogP contribution in [0.25, 0.3) is 0 Å². The van der Waals surface area contributed by atoms with Gasteiger partial charge in [-0.3, -0.25) is 0 Å². The van der Waals surface area contributed by atoms with E-state index in [4.69, 9.17) is 0 Å². The molecule has 36 valence electrons. The third kappa shape index (κ3) is 0.690. The Morgan fingerprint density at radius 2 is 2.57 bits per heavy atom. The highest BCUT2D eigenvalue weighted by Crippen LogP contribution is 1.69. The van der Waals surface area contributed by atoms with Gasteiger partial charge in [-0.05, 0) is 6.58 Å². The maximum atomic E-state index is 3.56. The zero-order chi connectivity index (χ0) is 5.11. The Hall–Kier alpha value is -1.03. The normalized spacial score (nSPS) is 26.0. The van der Waals surface area contributed by atoms with Gasteiger partial charge in [0.2, 0.25) is 6.34 Å². The van der Waals surface area contributed by atoms with Crippen LogP contribution in [0.15, 0.2) is 28.3 Å². The predicted molar refractivity (Wildman–Crippen MR) is 24.5 cm³/mol. The summed E-state index contributed by atoms with van der Waals surface area (Å²) in [5, 5.41) is 11.1. The molecule has 1 unspecified atom stereocenters.